The summed E-state index contributed by atoms with van der Waals surface area (Å²) < 4.78 is 11.5. The lowest BCUT2D eigenvalue weighted by molar-refractivity contribution is 0.0841. The first-order valence-corrected chi connectivity index (χ1v) is 7.18. The molecule has 0 radical (unpaired) electrons. The Hall–Kier alpha value is -1.06. The molecule has 0 saturated heterocycles. The van der Waals surface area contributed by atoms with Gasteiger partial charge in [0.15, 0.2) is 0 Å². The number of rotatable bonds is 6. The molecule has 1 aliphatic heterocycles. The third kappa shape index (κ3) is 3.28. The van der Waals surface area contributed by atoms with Crippen molar-refractivity contribution in [3.05, 3.63) is 29.8 Å². The van der Waals surface area contributed by atoms with Crippen LogP contribution in [0.15, 0.2) is 24.3 Å². The van der Waals surface area contributed by atoms with E-state index in [2.05, 4.69) is 26.0 Å². The maximum absolute atomic E-state index is 6.08. The van der Waals surface area contributed by atoms with Crippen molar-refractivity contribution < 1.29 is 9.47 Å². The molecule has 1 heterocycles. The molecule has 1 aromatic rings. The van der Waals surface area contributed by atoms with Crippen molar-refractivity contribution in [2.45, 2.75) is 32.1 Å². The van der Waals surface area contributed by atoms with Crippen LogP contribution in [0.3, 0.4) is 0 Å². The van der Waals surface area contributed by atoms with Crippen LogP contribution < -0.4 is 10.5 Å². The molecular weight excluding hydrogens is 238 g/mol. The summed E-state index contributed by atoms with van der Waals surface area (Å²) in [6.07, 6.45) is 1.95. The fourth-order valence-corrected chi connectivity index (χ4v) is 2.68. The molecule has 0 aliphatic carbocycles. The van der Waals surface area contributed by atoms with Crippen LogP contribution >= 0.6 is 0 Å². The van der Waals surface area contributed by atoms with Gasteiger partial charge in [0, 0.05) is 30.7 Å². The second-order valence-electron chi connectivity index (χ2n) is 5.80. The molecule has 19 heavy (non-hydrogen) atoms. The maximum Gasteiger partial charge on any atom is 0.123 e. The van der Waals surface area contributed by atoms with Crippen LogP contribution in [-0.4, -0.2) is 26.4 Å². The van der Waals surface area contributed by atoms with Crippen molar-refractivity contribution in [2.75, 3.05) is 26.4 Å². The molecule has 2 N–H and O–H groups in total. The van der Waals surface area contributed by atoms with Gasteiger partial charge in [0.05, 0.1) is 6.61 Å². The van der Waals surface area contributed by atoms with Gasteiger partial charge in [0.1, 0.15) is 5.75 Å². The highest BCUT2D eigenvalue weighted by atomic mass is 16.5. The van der Waals surface area contributed by atoms with Crippen LogP contribution in [-0.2, 0) is 10.2 Å². The monoisotopic (exact) mass is 263 g/mol. The number of fused-ring (bicyclic) bond motifs is 1. The Labute approximate surface area is 116 Å². The Bertz CT molecular complexity index is 405. The minimum atomic E-state index is 0.0197. The lowest BCUT2D eigenvalue weighted by Crippen LogP contribution is -2.41. The number of hydrogen-bond acceptors (Lipinski definition) is 3. The molecule has 0 spiro atoms. The van der Waals surface area contributed by atoms with Crippen molar-refractivity contribution in [3.63, 3.8) is 0 Å². The standard InChI is InChI=1S/C16H25NO2/c1-13(2)11-18-9-7-16(12-17)8-10-19-15-6-4-3-5-14(15)16/h3-6,13H,7-12,17H2,1-2H3. The highest BCUT2D eigenvalue weighted by Crippen LogP contribution is 2.40. The summed E-state index contributed by atoms with van der Waals surface area (Å²) in [4.78, 5) is 0. The molecule has 1 aromatic carbocycles. The van der Waals surface area contributed by atoms with E-state index in [0.29, 0.717) is 12.5 Å². The molecular formula is C16H25NO2. The molecule has 3 nitrogen and oxygen atoms in total. The number of hydrogen-bond donors (Lipinski definition) is 1. The molecule has 106 valence electrons. The minimum Gasteiger partial charge on any atom is -0.493 e. The van der Waals surface area contributed by atoms with Gasteiger partial charge < -0.3 is 15.2 Å². The van der Waals surface area contributed by atoms with Gasteiger partial charge in [-0.25, -0.2) is 0 Å². The number of nitrogens with two attached hydrogens (primary N) is 1. The Morgan fingerprint density at radius 1 is 1.37 bits per heavy atom. The Kier molecular flexibility index (Phi) is 4.83. The van der Waals surface area contributed by atoms with Gasteiger partial charge in [-0.3, -0.25) is 0 Å². The SMILES string of the molecule is CC(C)COCCC1(CN)CCOc2ccccc21. The van der Waals surface area contributed by atoms with Crippen LogP contribution in [0.4, 0.5) is 0 Å². The van der Waals surface area contributed by atoms with Crippen LogP contribution in [0.1, 0.15) is 32.3 Å². The molecule has 0 aromatic heterocycles. The molecule has 3 heteroatoms. The topological polar surface area (TPSA) is 44.5 Å². The summed E-state index contributed by atoms with van der Waals surface area (Å²) in [6, 6.07) is 8.26. The summed E-state index contributed by atoms with van der Waals surface area (Å²) in [5.41, 5.74) is 7.35. The van der Waals surface area contributed by atoms with Crippen molar-refractivity contribution in [1.82, 2.24) is 0 Å². The van der Waals surface area contributed by atoms with Crippen LogP contribution in [0.2, 0.25) is 0 Å². The average Bonchev–Trinajstić information content (AvgIpc) is 2.43. The lowest BCUT2D eigenvalue weighted by Gasteiger charge is -2.38. The molecule has 0 fully saturated rings. The van der Waals surface area contributed by atoms with Gasteiger partial charge in [-0.2, -0.15) is 0 Å². The summed E-state index contributed by atoms with van der Waals surface area (Å²) in [6.45, 7) is 7.32. The number of ether oxygens (including phenoxy) is 2. The number of benzene rings is 1. The Balaban J connectivity index is 2.06. The van der Waals surface area contributed by atoms with Crippen LogP contribution in [0.5, 0.6) is 5.75 Å². The first-order chi connectivity index (χ1) is 9.18. The van der Waals surface area contributed by atoms with Gasteiger partial charge in [-0.1, -0.05) is 32.0 Å². The van der Waals surface area contributed by atoms with Crippen molar-refractivity contribution in [2.24, 2.45) is 11.7 Å². The fraction of sp³-hybridized carbons (Fsp3) is 0.625. The van der Waals surface area contributed by atoms with E-state index < -0.39 is 0 Å². The Morgan fingerprint density at radius 2 is 2.16 bits per heavy atom. The quantitative estimate of drug-likeness (QED) is 0.803. The highest BCUT2D eigenvalue weighted by molar-refractivity contribution is 5.41. The second-order valence-corrected chi connectivity index (χ2v) is 5.80. The van der Waals surface area contributed by atoms with E-state index in [-0.39, 0.29) is 5.41 Å². The van der Waals surface area contributed by atoms with Crippen LogP contribution in [0, 0.1) is 5.92 Å². The predicted molar refractivity (Wildman–Crippen MR) is 77.6 cm³/mol. The number of para-hydroxylation sites is 1. The summed E-state index contributed by atoms with van der Waals surface area (Å²) >= 11 is 0. The largest absolute Gasteiger partial charge is 0.493 e. The Morgan fingerprint density at radius 3 is 2.89 bits per heavy atom. The molecule has 0 saturated carbocycles. The molecule has 0 amide bonds. The van der Waals surface area contributed by atoms with Gasteiger partial charge >= 0.3 is 0 Å². The summed E-state index contributed by atoms with van der Waals surface area (Å²) in [7, 11) is 0. The zero-order valence-electron chi connectivity index (χ0n) is 12.0. The molecule has 0 bridgehead atoms. The van der Waals surface area contributed by atoms with Crippen molar-refractivity contribution in [3.8, 4) is 5.75 Å². The first-order valence-electron chi connectivity index (χ1n) is 7.18. The fourth-order valence-electron chi connectivity index (χ4n) is 2.68. The smallest absolute Gasteiger partial charge is 0.123 e. The second kappa shape index (κ2) is 6.40. The van der Waals surface area contributed by atoms with Gasteiger partial charge in [0.25, 0.3) is 0 Å². The van der Waals surface area contributed by atoms with E-state index in [4.69, 9.17) is 15.2 Å². The van der Waals surface area contributed by atoms with Gasteiger partial charge in [-0.05, 0) is 24.8 Å². The zero-order chi connectivity index (χ0) is 13.7. The first kappa shape index (κ1) is 14.4. The van der Waals surface area contributed by atoms with Crippen molar-refractivity contribution >= 4 is 0 Å². The van der Waals surface area contributed by atoms with Gasteiger partial charge in [-0.15, -0.1) is 0 Å². The normalized spacial score (nSPS) is 22.1. The van der Waals surface area contributed by atoms with Crippen molar-refractivity contribution in [1.29, 1.82) is 0 Å². The van der Waals surface area contributed by atoms with E-state index in [1.54, 1.807) is 0 Å². The van der Waals surface area contributed by atoms with E-state index in [1.165, 1.54) is 5.56 Å². The zero-order valence-corrected chi connectivity index (χ0v) is 12.0. The van der Waals surface area contributed by atoms with E-state index in [1.807, 2.05) is 12.1 Å². The molecule has 1 aliphatic rings. The highest BCUT2D eigenvalue weighted by Gasteiger charge is 2.36. The summed E-state index contributed by atoms with van der Waals surface area (Å²) in [5, 5.41) is 0. The van der Waals surface area contributed by atoms with E-state index >= 15 is 0 Å². The molecule has 1 unspecified atom stereocenters. The molecule has 1 atom stereocenters. The average molecular weight is 263 g/mol. The minimum absolute atomic E-state index is 0.0197. The van der Waals surface area contributed by atoms with E-state index in [0.717, 1.165) is 38.4 Å². The lowest BCUT2D eigenvalue weighted by atomic mass is 9.73. The van der Waals surface area contributed by atoms with E-state index in [9.17, 15) is 0 Å². The third-order valence-electron chi connectivity index (χ3n) is 3.86. The molecule has 2 rings (SSSR count). The maximum atomic E-state index is 6.08. The third-order valence-corrected chi connectivity index (χ3v) is 3.86. The van der Waals surface area contributed by atoms with Gasteiger partial charge in [0.2, 0.25) is 0 Å². The van der Waals surface area contributed by atoms with Crippen LogP contribution in [0.25, 0.3) is 0 Å². The summed E-state index contributed by atoms with van der Waals surface area (Å²) in [5.74, 6) is 1.57. The predicted octanol–water partition coefficient (Wildman–Crippen LogP) is 2.73.